The Labute approximate surface area is 129 Å². The number of nitrogens with two attached hydrogens (primary N) is 1. The lowest BCUT2D eigenvalue weighted by Gasteiger charge is -2.22. The Morgan fingerprint density at radius 1 is 1.52 bits per heavy atom. The van der Waals surface area contributed by atoms with Gasteiger partial charge in [0.25, 0.3) is 5.91 Å². The third-order valence-corrected chi connectivity index (χ3v) is 4.18. The molecular weight excluding hydrogens is 290 g/mol. The van der Waals surface area contributed by atoms with Gasteiger partial charge in [-0.1, -0.05) is 0 Å². The fourth-order valence-corrected chi connectivity index (χ4v) is 2.90. The molecule has 6 nitrogen and oxygen atoms in total. The molecular formula is C14H23N3O3S. The number of aromatic nitrogens is 1. The van der Waals surface area contributed by atoms with Crippen molar-refractivity contribution < 1.29 is 14.3 Å². The zero-order valence-electron chi connectivity index (χ0n) is 12.2. The first-order valence-corrected chi connectivity index (χ1v) is 8.29. The predicted molar refractivity (Wildman–Crippen MR) is 81.6 cm³/mol. The number of rotatable bonds is 8. The summed E-state index contributed by atoms with van der Waals surface area (Å²) in [7, 11) is 0. The van der Waals surface area contributed by atoms with E-state index in [1.807, 2.05) is 0 Å². The molecule has 0 spiro atoms. The quantitative estimate of drug-likeness (QED) is 0.698. The van der Waals surface area contributed by atoms with Gasteiger partial charge in [0.15, 0.2) is 0 Å². The number of hydrogen-bond donors (Lipinski definition) is 2. The fourth-order valence-electron chi connectivity index (χ4n) is 2.11. The van der Waals surface area contributed by atoms with Gasteiger partial charge in [0.2, 0.25) is 0 Å². The van der Waals surface area contributed by atoms with Gasteiger partial charge in [0.1, 0.15) is 5.69 Å². The Morgan fingerprint density at radius 2 is 2.33 bits per heavy atom. The van der Waals surface area contributed by atoms with E-state index in [-0.39, 0.29) is 5.91 Å². The largest absolute Gasteiger partial charge is 0.381 e. The molecule has 2 rings (SSSR count). The second-order valence-electron chi connectivity index (χ2n) is 4.96. The van der Waals surface area contributed by atoms with Gasteiger partial charge < -0.3 is 20.5 Å². The number of nitrogens with zero attached hydrogens (tertiary/aromatic N) is 1. The van der Waals surface area contributed by atoms with Crippen LogP contribution in [0.4, 0.5) is 0 Å². The highest BCUT2D eigenvalue weighted by atomic mass is 32.1. The van der Waals surface area contributed by atoms with Crippen LogP contribution >= 0.6 is 11.3 Å². The first-order chi connectivity index (χ1) is 10.3. The van der Waals surface area contributed by atoms with Crippen molar-refractivity contribution in [2.45, 2.75) is 31.8 Å². The number of carbonyl (C=O) groups excluding carboxylic acids is 1. The van der Waals surface area contributed by atoms with Crippen LogP contribution in [0, 0.1) is 0 Å². The lowest BCUT2D eigenvalue weighted by Crippen LogP contribution is -2.27. The number of nitrogens with one attached hydrogen (secondary N) is 1. The maximum Gasteiger partial charge on any atom is 0.270 e. The van der Waals surface area contributed by atoms with E-state index in [0.717, 1.165) is 43.9 Å². The van der Waals surface area contributed by atoms with Crippen LogP contribution in [0.15, 0.2) is 5.38 Å². The van der Waals surface area contributed by atoms with Crippen LogP contribution in [0.25, 0.3) is 0 Å². The van der Waals surface area contributed by atoms with Gasteiger partial charge in [-0.25, -0.2) is 4.98 Å². The summed E-state index contributed by atoms with van der Waals surface area (Å²) in [5.41, 5.74) is 5.95. The van der Waals surface area contributed by atoms with Crippen LogP contribution in [-0.2, 0) is 15.9 Å². The van der Waals surface area contributed by atoms with Crippen LogP contribution in [-0.4, -0.2) is 49.9 Å². The SMILES string of the molecule is NCCc1nc(C(=O)NCCCOC2CCOCC2)cs1. The third-order valence-electron chi connectivity index (χ3n) is 3.27. The smallest absolute Gasteiger partial charge is 0.270 e. The molecule has 0 atom stereocenters. The van der Waals surface area contributed by atoms with Crippen LogP contribution in [0.2, 0.25) is 0 Å². The Balaban J connectivity index is 1.58. The van der Waals surface area contributed by atoms with Gasteiger partial charge in [-0.05, 0) is 25.8 Å². The molecule has 1 aromatic rings. The number of thiazole rings is 1. The van der Waals surface area contributed by atoms with Crippen molar-refractivity contribution >= 4 is 17.2 Å². The molecule has 7 heteroatoms. The second kappa shape index (κ2) is 9.09. The highest BCUT2D eigenvalue weighted by molar-refractivity contribution is 7.09. The molecule has 1 aromatic heterocycles. The number of amides is 1. The molecule has 1 amide bonds. The molecule has 0 aliphatic carbocycles. The van der Waals surface area contributed by atoms with Gasteiger partial charge in [-0.15, -0.1) is 11.3 Å². The zero-order chi connectivity index (χ0) is 14.9. The average Bonchev–Trinajstić information content (AvgIpc) is 2.97. The molecule has 0 unspecified atom stereocenters. The molecule has 1 saturated heterocycles. The van der Waals surface area contributed by atoms with E-state index < -0.39 is 0 Å². The van der Waals surface area contributed by atoms with Crippen molar-refractivity contribution in [1.29, 1.82) is 0 Å². The number of carbonyl (C=O) groups is 1. The van der Waals surface area contributed by atoms with E-state index in [2.05, 4.69) is 10.3 Å². The molecule has 2 heterocycles. The van der Waals surface area contributed by atoms with Gasteiger partial charge in [0.05, 0.1) is 11.1 Å². The summed E-state index contributed by atoms with van der Waals surface area (Å²) in [6.07, 6.45) is 3.77. The molecule has 0 bridgehead atoms. The minimum atomic E-state index is -0.124. The van der Waals surface area contributed by atoms with Crippen molar-refractivity contribution in [1.82, 2.24) is 10.3 Å². The van der Waals surface area contributed by atoms with Gasteiger partial charge >= 0.3 is 0 Å². The molecule has 1 aliphatic rings. The first kappa shape index (κ1) is 16.4. The van der Waals surface area contributed by atoms with Crippen LogP contribution in [0.3, 0.4) is 0 Å². The fraction of sp³-hybridized carbons (Fsp3) is 0.714. The first-order valence-electron chi connectivity index (χ1n) is 7.41. The van der Waals surface area contributed by atoms with E-state index in [1.54, 1.807) is 5.38 Å². The average molecular weight is 313 g/mol. The Bertz CT molecular complexity index is 433. The summed E-state index contributed by atoms with van der Waals surface area (Å²) in [5.74, 6) is -0.124. The molecule has 118 valence electrons. The van der Waals surface area contributed by atoms with E-state index in [0.29, 0.717) is 31.5 Å². The zero-order valence-corrected chi connectivity index (χ0v) is 13.0. The molecule has 21 heavy (non-hydrogen) atoms. The monoisotopic (exact) mass is 313 g/mol. The maximum atomic E-state index is 11.9. The van der Waals surface area contributed by atoms with Gasteiger partial charge in [-0.2, -0.15) is 0 Å². The predicted octanol–water partition coefficient (Wildman–Crippen LogP) is 0.960. The van der Waals surface area contributed by atoms with E-state index in [9.17, 15) is 4.79 Å². The lowest BCUT2D eigenvalue weighted by atomic mass is 10.1. The van der Waals surface area contributed by atoms with Crippen LogP contribution < -0.4 is 11.1 Å². The van der Waals surface area contributed by atoms with Crippen molar-refractivity contribution in [3.63, 3.8) is 0 Å². The number of ether oxygens (including phenoxy) is 2. The maximum absolute atomic E-state index is 11.9. The van der Waals surface area contributed by atoms with Crippen molar-refractivity contribution in [2.24, 2.45) is 5.73 Å². The minimum Gasteiger partial charge on any atom is -0.381 e. The lowest BCUT2D eigenvalue weighted by molar-refractivity contribution is -0.0321. The van der Waals surface area contributed by atoms with E-state index in [4.69, 9.17) is 15.2 Å². The molecule has 1 aliphatic heterocycles. The normalized spacial score (nSPS) is 16.0. The molecule has 3 N–H and O–H groups in total. The van der Waals surface area contributed by atoms with Crippen LogP contribution in [0.1, 0.15) is 34.8 Å². The molecule has 0 saturated carbocycles. The topological polar surface area (TPSA) is 86.5 Å². The highest BCUT2D eigenvalue weighted by Gasteiger charge is 2.14. The summed E-state index contributed by atoms with van der Waals surface area (Å²) in [5, 5.41) is 5.55. The van der Waals surface area contributed by atoms with E-state index >= 15 is 0 Å². The summed E-state index contributed by atoms with van der Waals surface area (Å²) < 4.78 is 11.0. The Kier molecular flexibility index (Phi) is 7.08. The van der Waals surface area contributed by atoms with Gasteiger partial charge in [0, 0.05) is 38.2 Å². The van der Waals surface area contributed by atoms with E-state index in [1.165, 1.54) is 11.3 Å². The standard InChI is InChI=1S/C14H23N3O3S/c15-5-2-13-17-12(10-21-13)14(18)16-6-1-7-20-11-3-8-19-9-4-11/h10-11H,1-9,15H2,(H,16,18). The van der Waals surface area contributed by atoms with Crippen molar-refractivity contribution in [3.8, 4) is 0 Å². The Hall–Kier alpha value is -1.02. The third kappa shape index (κ3) is 5.70. The molecule has 1 fully saturated rings. The molecule has 0 radical (unpaired) electrons. The number of hydrogen-bond acceptors (Lipinski definition) is 6. The minimum absolute atomic E-state index is 0.124. The van der Waals surface area contributed by atoms with Crippen LogP contribution in [0.5, 0.6) is 0 Å². The summed E-state index contributed by atoms with van der Waals surface area (Å²) in [6, 6.07) is 0. The van der Waals surface area contributed by atoms with Crippen molar-refractivity contribution in [3.05, 3.63) is 16.1 Å². The molecule has 0 aromatic carbocycles. The Morgan fingerprint density at radius 3 is 3.10 bits per heavy atom. The van der Waals surface area contributed by atoms with Crippen molar-refractivity contribution in [2.75, 3.05) is 32.9 Å². The highest BCUT2D eigenvalue weighted by Crippen LogP contribution is 2.11. The summed E-state index contributed by atoms with van der Waals surface area (Å²) >= 11 is 1.48. The summed E-state index contributed by atoms with van der Waals surface area (Å²) in [6.45, 7) is 3.40. The van der Waals surface area contributed by atoms with Gasteiger partial charge in [-0.3, -0.25) is 4.79 Å². The second-order valence-corrected chi connectivity index (χ2v) is 5.90. The summed E-state index contributed by atoms with van der Waals surface area (Å²) in [4.78, 5) is 16.1.